The Morgan fingerprint density at radius 1 is 1.13 bits per heavy atom. The van der Waals surface area contributed by atoms with Gasteiger partial charge in [-0.1, -0.05) is 43.3 Å². The molecule has 23 heavy (non-hydrogen) atoms. The normalized spacial score (nSPS) is 11.8. The minimum atomic E-state index is -0.113. The molecule has 0 fully saturated rings. The first-order valence-corrected chi connectivity index (χ1v) is 8.08. The van der Waals surface area contributed by atoms with Gasteiger partial charge in [-0.2, -0.15) is 0 Å². The van der Waals surface area contributed by atoms with Crippen molar-refractivity contribution in [3.05, 3.63) is 64.7 Å². The van der Waals surface area contributed by atoms with E-state index in [4.69, 9.17) is 4.74 Å². The number of amides is 1. The van der Waals surface area contributed by atoms with Crippen molar-refractivity contribution in [2.75, 3.05) is 6.61 Å². The van der Waals surface area contributed by atoms with Gasteiger partial charge < -0.3 is 10.1 Å². The molecule has 1 atom stereocenters. The van der Waals surface area contributed by atoms with Crippen molar-refractivity contribution < 1.29 is 9.53 Å². The topological polar surface area (TPSA) is 38.3 Å². The molecule has 2 aromatic carbocycles. The maximum Gasteiger partial charge on any atom is 0.258 e. The Bertz CT molecular complexity index is 662. The first-order chi connectivity index (χ1) is 11.0. The molecule has 0 spiro atoms. The minimum absolute atomic E-state index is 0.0294. The number of nitrogens with one attached hydrogen (secondary N) is 1. The smallest absolute Gasteiger partial charge is 0.258 e. The SMILES string of the molecule is CCc1ccc([C@@H](C)NC(=O)COc2cc(C)ccc2C)cc1. The van der Waals surface area contributed by atoms with Gasteiger partial charge in [0.2, 0.25) is 0 Å². The van der Waals surface area contributed by atoms with Crippen molar-refractivity contribution in [2.45, 2.75) is 40.2 Å². The van der Waals surface area contributed by atoms with Gasteiger partial charge in [0, 0.05) is 0 Å². The van der Waals surface area contributed by atoms with Crippen molar-refractivity contribution in [2.24, 2.45) is 0 Å². The zero-order chi connectivity index (χ0) is 16.8. The Labute approximate surface area is 138 Å². The van der Waals surface area contributed by atoms with Crippen LogP contribution in [0.3, 0.4) is 0 Å². The zero-order valence-electron chi connectivity index (χ0n) is 14.3. The van der Waals surface area contributed by atoms with Crippen LogP contribution in [0.25, 0.3) is 0 Å². The number of ether oxygens (including phenoxy) is 1. The summed E-state index contributed by atoms with van der Waals surface area (Å²) in [5.74, 6) is 0.651. The molecule has 3 nitrogen and oxygen atoms in total. The van der Waals surface area contributed by atoms with Crippen molar-refractivity contribution >= 4 is 5.91 Å². The molecule has 3 heteroatoms. The van der Waals surface area contributed by atoms with Gasteiger partial charge in [0.1, 0.15) is 5.75 Å². The van der Waals surface area contributed by atoms with E-state index in [9.17, 15) is 4.79 Å². The second-order valence-corrected chi connectivity index (χ2v) is 5.94. The van der Waals surface area contributed by atoms with Crippen LogP contribution >= 0.6 is 0 Å². The van der Waals surface area contributed by atoms with Crippen LogP contribution in [0.4, 0.5) is 0 Å². The van der Waals surface area contributed by atoms with Gasteiger partial charge in [0.25, 0.3) is 5.91 Å². The molecule has 0 unspecified atom stereocenters. The first kappa shape index (κ1) is 17.1. The molecule has 0 heterocycles. The minimum Gasteiger partial charge on any atom is -0.483 e. The highest BCUT2D eigenvalue weighted by Crippen LogP contribution is 2.19. The monoisotopic (exact) mass is 311 g/mol. The zero-order valence-corrected chi connectivity index (χ0v) is 14.3. The van der Waals surface area contributed by atoms with Crippen LogP contribution in [0.15, 0.2) is 42.5 Å². The molecule has 2 rings (SSSR count). The van der Waals surface area contributed by atoms with Crippen LogP contribution in [0.1, 0.15) is 42.1 Å². The van der Waals surface area contributed by atoms with Gasteiger partial charge in [-0.25, -0.2) is 0 Å². The summed E-state index contributed by atoms with van der Waals surface area (Å²) < 4.78 is 5.64. The Balaban J connectivity index is 1.89. The number of rotatable bonds is 6. The summed E-state index contributed by atoms with van der Waals surface area (Å²) >= 11 is 0. The summed E-state index contributed by atoms with van der Waals surface area (Å²) in [5, 5.41) is 2.97. The Morgan fingerprint density at radius 3 is 2.48 bits per heavy atom. The lowest BCUT2D eigenvalue weighted by atomic mass is 10.1. The molecule has 0 saturated carbocycles. The maximum atomic E-state index is 12.1. The molecule has 0 saturated heterocycles. The quantitative estimate of drug-likeness (QED) is 0.871. The molecule has 2 aromatic rings. The van der Waals surface area contributed by atoms with E-state index in [-0.39, 0.29) is 18.6 Å². The molecule has 0 aromatic heterocycles. The highest BCUT2D eigenvalue weighted by Gasteiger charge is 2.11. The van der Waals surface area contributed by atoms with Crippen molar-refractivity contribution in [3.8, 4) is 5.75 Å². The van der Waals surface area contributed by atoms with E-state index in [0.29, 0.717) is 0 Å². The van der Waals surface area contributed by atoms with Crippen molar-refractivity contribution in [1.29, 1.82) is 0 Å². The lowest BCUT2D eigenvalue weighted by Crippen LogP contribution is -2.31. The van der Waals surface area contributed by atoms with E-state index >= 15 is 0 Å². The van der Waals surface area contributed by atoms with Crippen LogP contribution in [-0.4, -0.2) is 12.5 Å². The summed E-state index contributed by atoms with van der Waals surface area (Å²) in [5.41, 5.74) is 4.55. The van der Waals surface area contributed by atoms with E-state index in [1.807, 2.05) is 39.0 Å². The Kier molecular flexibility index (Phi) is 5.80. The van der Waals surface area contributed by atoms with Gasteiger partial charge in [0.15, 0.2) is 6.61 Å². The molecule has 0 aliphatic heterocycles. The number of hydrogen-bond donors (Lipinski definition) is 1. The van der Waals surface area contributed by atoms with E-state index in [1.54, 1.807) is 0 Å². The Morgan fingerprint density at radius 2 is 1.83 bits per heavy atom. The second kappa shape index (κ2) is 7.82. The molecular weight excluding hydrogens is 286 g/mol. The largest absolute Gasteiger partial charge is 0.483 e. The fraction of sp³-hybridized carbons (Fsp3) is 0.350. The summed E-state index contributed by atoms with van der Waals surface area (Å²) in [6.07, 6.45) is 1.02. The summed E-state index contributed by atoms with van der Waals surface area (Å²) in [6.45, 7) is 8.13. The lowest BCUT2D eigenvalue weighted by molar-refractivity contribution is -0.123. The third-order valence-electron chi connectivity index (χ3n) is 3.97. The molecule has 122 valence electrons. The average molecular weight is 311 g/mol. The third kappa shape index (κ3) is 4.85. The average Bonchev–Trinajstić information content (AvgIpc) is 2.55. The van der Waals surface area contributed by atoms with E-state index in [1.165, 1.54) is 5.56 Å². The molecule has 0 radical (unpaired) electrons. The fourth-order valence-electron chi connectivity index (χ4n) is 2.41. The number of benzene rings is 2. The highest BCUT2D eigenvalue weighted by atomic mass is 16.5. The van der Waals surface area contributed by atoms with E-state index in [0.717, 1.165) is 28.9 Å². The molecule has 1 N–H and O–H groups in total. The number of carbonyl (C=O) groups excluding carboxylic acids is 1. The van der Waals surface area contributed by atoms with Crippen LogP contribution in [-0.2, 0) is 11.2 Å². The number of carbonyl (C=O) groups is 1. The molecule has 0 aliphatic carbocycles. The van der Waals surface area contributed by atoms with Crippen LogP contribution in [0.2, 0.25) is 0 Å². The van der Waals surface area contributed by atoms with Crippen LogP contribution in [0, 0.1) is 13.8 Å². The van der Waals surface area contributed by atoms with E-state index < -0.39 is 0 Å². The molecule has 0 aliphatic rings. The molecular formula is C20H25NO2. The van der Waals surface area contributed by atoms with Crippen LogP contribution in [0.5, 0.6) is 5.75 Å². The predicted molar refractivity (Wildman–Crippen MR) is 93.8 cm³/mol. The molecule has 0 bridgehead atoms. The highest BCUT2D eigenvalue weighted by molar-refractivity contribution is 5.78. The number of hydrogen-bond acceptors (Lipinski definition) is 2. The summed E-state index contributed by atoms with van der Waals surface area (Å²) in [4.78, 5) is 12.1. The maximum absolute atomic E-state index is 12.1. The van der Waals surface area contributed by atoms with Crippen molar-refractivity contribution in [3.63, 3.8) is 0 Å². The number of aryl methyl sites for hydroxylation is 3. The standard InChI is InChI=1S/C20H25NO2/c1-5-17-8-10-18(11-9-17)16(4)21-20(22)13-23-19-12-14(2)6-7-15(19)3/h6-12,16H,5,13H2,1-4H3,(H,21,22)/t16-/m1/s1. The van der Waals surface area contributed by atoms with Crippen molar-refractivity contribution in [1.82, 2.24) is 5.32 Å². The summed E-state index contributed by atoms with van der Waals surface area (Å²) in [6, 6.07) is 14.3. The summed E-state index contributed by atoms with van der Waals surface area (Å²) in [7, 11) is 0. The lowest BCUT2D eigenvalue weighted by Gasteiger charge is -2.16. The predicted octanol–water partition coefficient (Wildman–Crippen LogP) is 4.12. The second-order valence-electron chi connectivity index (χ2n) is 5.94. The molecule has 1 amide bonds. The van der Waals surface area contributed by atoms with E-state index in [2.05, 4.69) is 36.5 Å². The fourth-order valence-corrected chi connectivity index (χ4v) is 2.41. The van der Waals surface area contributed by atoms with Crippen LogP contribution < -0.4 is 10.1 Å². The first-order valence-electron chi connectivity index (χ1n) is 8.08. The van der Waals surface area contributed by atoms with Gasteiger partial charge in [-0.15, -0.1) is 0 Å². The van der Waals surface area contributed by atoms with Gasteiger partial charge in [-0.3, -0.25) is 4.79 Å². The Hall–Kier alpha value is -2.29. The van der Waals surface area contributed by atoms with Gasteiger partial charge >= 0.3 is 0 Å². The third-order valence-corrected chi connectivity index (χ3v) is 3.97. The van der Waals surface area contributed by atoms with Gasteiger partial charge in [-0.05, 0) is 55.5 Å². The van der Waals surface area contributed by atoms with Gasteiger partial charge in [0.05, 0.1) is 6.04 Å².